The van der Waals surface area contributed by atoms with Crippen LogP contribution in [-0.4, -0.2) is 90.2 Å². The van der Waals surface area contributed by atoms with E-state index in [2.05, 4.69) is 23.7 Å². The normalized spacial score (nSPS) is 16.6. The average Bonchev–Trinajstić information content (AvgIpc) is 2.54. The van der Waals surface area contributed by atoms with E-state index in [4.69, 9.17) is 20.4 Å². The van der Waals surface area contributed by atoms with Crippen molar-refractivity contribution in [3.8, 4) is 0 Å². The molecule has 0 rings (SSSR count). The van der Waals surface area contributed by atoms with Gasteiger partial charge in [0.15, 0.2) is 12.6 Å². The van der Waals surface area contributed by atoms with E-state index in [1.54, 1.807) is 0 Å². The van der Waals surface area contributed by atoms with Crippen molar-refractivity contribution in [2.45, 2.75) is 43.3 Å². The summed E-state index contributed by atoms with van der Waals surface area (Å²) >= 11 is 0. The number of ether oxygens (including phenoxy) is 5. The molecule has 0 bridgehead atoms. The van der Waals surface area contributed by atoms with E-state index >= 15 is 0 Å². The number of aliphatic hydroxyl groups is 4. The van der Waals surface area contributed by atoms with Gasteiger partial charge in [0.25, 0.3) is 0 Å². The third-order valence-electron chi connectivity index (χ3n) is 2.33. The van der Waals surface area contributed by atoms with Gasteiger partial charge in [-0.05, 0) is 0 Å². The molecule has 182 valence electrons. The molecule has 0 spiro atoms. The van der Waals surface area contributed by atoms with Crippen molar-refractivity contribution >= 4 is 0 Å². The highest BCUT2D eigenvalue weighted by atomic mass is 19.3. The Morgan fingerprint density at radius 3 is 1.27 bits per heavy atom. The minimum Gasteiger partial charge on any atom is -0.391 e. The maximum Gasteiger partial charge on any atom is 0.495 e. The van der Waals surface area contributed by atoms with Gasteiger partial charge in [-0.25, -0.2) is 14.2 Å². The topological polar surface area (TPSA) is 127 Å². The molecule has 0 radical (unpaired) electrons. The summed E-state index contributed by atoms with van der Waals surface area (Å²) < 4.78 is 145. The standard InChI is InChI=1S/C11H14F10O9/c12-7(13,3-26-5(24)1-22)28-9(16,17)10(18,19)30-11(20,21)29-8(14,15)4-27-6(25)2-23/h5-6,22-25H,1-4H2. The molecule has 9 nitrogen and oxygen atoms in total. The molecule has 19 heteroatoms. The lowest BCUT2D eigenvalue weighted by atomic mass is 10.5. The molecule has 0 aliphatic rings. The van der Waals surface area contributed by atoms with Crippen molar-refractivity contribution in [1.82, 2.24) is 0 Å². The summed E-state index contributed by atoms with van der Waals surface area (Å²) in [5.74, 6) is 0. The van der Waals surface area contributed by atoms with E-state index in [-0.39, 0.29) is 0 Å². The summed E-state index contributed by atoms with van der Waals surface area (Å²) in [7, 11) is 0. The van der Waals surface area contributed by atoms with Crippen LogP contribution in [-0.2, 0) is 23.7 Å². The third-order valence-corrected chi connectivity index (χ3v) is 2.33. The summed E-state index contributed by atoms with van der Waals surface area (Å²) in [6.45, 7) is -7.33. The maximum atomic E-state index is 13.2. The Balaban J connectivity index is 5.13. The fourth-order valence-electron chi connectivity index (χ4n) is 1.20. The molecule has 0 aromatic heterocycles. The van der Waals surface area contributed by atoms with Gasteiger partial charge in [-0.2, -0.15) is 35.1 Å². The lowest BCUT2D eigenvalue weighted by Gasteiger charge is -2.31. The Hall–Kier alpha value is -1.06. The predicted octanol–water partition coefficient (Wildman–Crippen LogP) is 0.612. The lowest BCUT2D eigenvalue weighted by Crippen LogP contribution is -2.54. The number of rotatable bonds is 15. The molecule has 0 aliphatic heterocycles. The SMILES string of the molecule is OCC(O)OCC(F)(F)OC(F)(F)OC(F)(F)C(F)(F)OC(F)(F)COC(O)CO. The van der Waals surface area contributed by atoms with Crippen LogP contribution in [0.5, 0.6) is 0 Å². The van der Waals surface area contributed by atoms with E-state index in [0.717, 1.165) is 0 Å². The van der Waals surface area contributed by atoms with E-state index in [9.17, 15) is 43.9 Å². The van der Waals surface area contributed by atoms with Crippen LogP contribution in [0, 0.1) is 0 Å². The third kappa shape index (κ3) is 10.3. The van der Waals surface area contributed by atoms with Gasteiger partial charge in [-0.1, -0.05) is 0 Å². The van der Waals surface area contributed by atoms with Crippen molar-refractivity contribution in [2.24, 2.45) is 0 Å². The van der Waals surface area contributed by atoms with Crippen LogP contribution in [0.2, 0.25) is 0 Å². The van der Waals surface area contributed by atoms with Gasteiger partial charge < -0.3 is 29.9 Å². The average molecular weight is 480 g/mol. The first-order chi connectivity index (χ1) is 13.3. The van der Waals surface area contributed by atoms with Crippen LogP contribution >= 0.6 is 0 Å². The Kier molecular flexibility index (Phi) is 10.1. The summed E-state index contributed by atoms with van der Waals surface area (Å²) in [4.78, 5) is 0. The van der Waals surface area contributed by atoms with Crippen molar-refractivity contribution in [3.63, 3.8) is 0 Å². The zero-order valence-electron chi connectivity index (χ0n) is 14.1. The molecule has 0 aliphatic carbocycles. The van der Waals surface area contributed by atoms with Gasteiger partial charge in [0, 0.05) is 0 Å². The molecule has 0 aromatic rings. The molecule has 0 heterocycles. The first-order valence-electron chi connectivity index (χ1n) is 7.09. The Morgan fingerprint density at radius 1 is 0.567 bits per heavy atom. The quantitative estimate of drug-likeness (QED) is 0.197. The second kappa shape index (κ2) is 10.5. The highest BCUT2D eigenvalue weighted by Gasteiger charge is 2.68. The van der Waals surface area contributed by atoms with Gasteiger partial charge >= 0.3 is 30.7 Å². The minimum atomic E-state index is -6.71. The maximum absolute atomic E-state index is 13.2. The summed E-state index contributed by atoms with van der Waals surface area (Å²) in [6, 6.07) is 0. The van der Waals surface area contributed by atoms with E-state index < -0.39 is 69.7 Å². The second-order valence-corrected chi connectivity index (χ2v) is 4.97. The van der Waals surface area contributed by atoms with E-state index in [0.29, 0.717) is 0 Å². The van der Waals surface area contributed by atoms with Gasteiger partial charge in [-0.3, -0.25) is 0 Å². The molecule has 2 atom stereocenters. The Bertz CT molecular complexity index is 522. The zero-order chi connectivity index (χ0) is 24.0. The van der Waals surface area contributed by atoms with Gasteiger partial charge in [0.05, 0.1) is 13.2 Å². The van der Waals surface area contributed by atoms with Crippen molar-refractivity contribution in [3.05, 3.63) is 0 Å². The molecule has 30 heavy (non-hydrogen) atoms. The van der Waals surface area contributed by atoms with Crippen LogP contribution in [0.15, 0.2) is 0 Å². The number of hydrogen-bond acceptors (Lipinski definition) is 9. The molecule has 0 aromatic carbocycles. The first kappa shape index (κ1) is 28.9. The number of halogens is 10. The predicted molar refractivity (Wildman–Crippen MR) is 66.1 cm³/mol. The van der Waals surface area contributed by atoms with Crippen LogP contribution in [0.4, 0.5) is 43.9 Å². The largest absolute Gasteiger partial charge is 0.495 e. The molecule has 4 N–H and O–H groups in total. The Morgan fingerprint density at radius 2 is 0.900 bits per heavy atom. The number of hydrogen-bond donors (Lipinski definition) is 4. The summed E-state index contributed by atoms with van der Waals surface area (Å²) in [5.41, 5.74) is 0. The van der Waals surface area contributed by atoms with Crippen LogP contribution < -0.4 is 0 Å². The highest BCUT2D eigenvalue weighted by Crippen LogP contribution is 2.44. The monoisotopic (exact) mass is 480 g/mol. The van der Waals surface area contributed by atoms with Gasteiger partial charge in [0.2, 0.25) is 0 Å². The highest BCUT2D eigenvalue weighted by molar-refractivity contribution is 4.71. The molecule has 0 amide bonds. The van der Waals surface area contributed by atoms with Gasteiger partial charge in [-0.15, -0.1) is 8.78 Å². The summed E-state index contributed by atoms with van der Waals surface area (Å²) in [6.07, 6.45) is -35.0. The minimum absolute atomic E-state index is 1.31. The molecule has 0 saturated heterocycles. The van der Waals surface area contributed by atoms with Crippen LogP contribution in [0.3, 0.4) is 0 Å². The van der Waals surface area contributed by atoms with Crippen LogP contribution in [0.25, 0.3) is 0 Å². The fourth-order valence-corrected chi connectivity index (χ4v) is 1.20. The van der Waals surface area contributed by atoms with Crippen LogP contribution in [0.1, 0.15) is 0 Å². The van der Waals surface area contributed by atoms with Gasteiger partial charge in [0.1, 0.15) is 13.2 Å². The van der Waals surface area contributed by atoms with Crippen molar-refractivity contribution in [1.29, 1.82) is 0 Å². The molecule has 2 unspecified atom stereocenters. The number of alkyl halides is 10. The van der Waals surface area contributed by atoms with E-state index in [1.807, 2.05) is 0 Å². The fraction of sp³-hybridized carbons (Fsp3) is 1.00. The summed E-state index contributed by atoms with van der Waals surface area (Å²) in [5, 5.41) is 33.7. The molecular formula is C11H14F10O9. The van der Waals surface area contributed by atoms with Crippen molar-refractivity contribution in [2.75, 3.05) is 26.4 Å². The van der Waals surface area contributed by atoms with Crippen molar-refractivity contribution < 1.29 is 88.0 Å². The zero-order valence-corrected chi connectivity index (χ0v) is 14.1. The molecular weight excluding hydrogens is 466 g/mol. The van der Waals surface area contributed by atoms with E-state index in [1.165, 1.54) is 0 Å². The molecule has 0 fully saturated rings. The first-order valence-corrected chi connectivity index (χ1v) is 7.09. The Labute approximate surface area is 159 Å². The lowest BCUT2D eigenvalue weighted by molar-refractivity contribution is -0.567. The smallest absolute Gasteiger partial charge is 0.391 e. The number of aliphatic hydroxyl groups excluding tert-OH is 4. The second-order valence-electron chi connectivity index (χ2n) is 4.97. The molecule has 0 saturated carbocycles.